The molecule has 220 valence electrons. The molecular weight excluding hydrogens is 580 g/mol. The maximum absolute atomic E-state index is 13.8. The van der Waals surface area contributed by atoms with Crippen LogP contribution in [0, 0.1) is 13.8 Å². The predicted molar refractivity (Wildman–Crippen MR) is 163 cm³/mol. The number of hydrogen-bond acceptors (Lipinski definition) is 7. The number of aryl methyl sites for hydroxylation is 1. The van der Waals surface area contributed by atoms with Gasteiger partial charge in [0.05, 0.1) is 38.1 Å². The molecule has 42 heavy (non-hydrogen) atoms. The number of methoxy groups -OCH3 is 3. The number of carbonyl (C=O) groups is 1. The van der Waals surface area contributed by atoms with Crippen LogP contribution in [0.2, 0.25) is 5.02 Å². The second-order valence-corrected chi connectivity index (χ2v) is 11.5. The summed E-state index contributed by atoms with van der Waals surface area (Å²) in [6.45, 7) is 3.36. The number of nitrogens with zero attached hydrogens (tertiary/aromatic N) is 3. The largest absolute Gasteiger partial charge is 0.497 e. The standard InChI is InChI=1S/C30H31ClN4O6S/c1-20-16-22(21(2)35(20)25-8-6-23(31)7-9-25)18-32-33-30(36)19-34(24-10-12-26(39-3)13-11-24)42(37,38)27-14-15-28(40-4)29(17-27)41-5/h6-18H,19H2,1-5H3,(H,33,36)/b32-18+. The molecule has 0 fully saturated rings. The van der Waals surface area contributed by atoms with Crippen molar-refractivity contribution in [2.45, 2.75) is 18.7 Å². The zero-order valence-electron chi connectivity index (χ0n) is 23.8. The van der Waals surface area contributed by atoms with Gasteiger partial charge in [-0.1, -0.05) is 11.6 Å². The lowest BCUT2D eigenvalue weighted by Gasteiger charge is -2.24. The van der Waals surface area contributed by atoms with Gasteiger partial charge >= 0.3 is 0 Å². The van der Waals surface area contributed by atoms with E-state index >= 15 is 0 Å². The van der Waals surface area contributed by atoms with Crippen molar-refractivity contribution in [3.05, 3.63) is 94.8 Å². The zero-order valence-corrected chi connectivity index (χ0v) is 25.4. The van der Waals surface area contributed by atoms with Gasteiger partial charge in [-0.05, 0) is 80.6 Å². The van der Waals surface area contributed by atoms with Crippen LogP contribution in [0.3, 0.4) is 0 Å². The lowest BCUT2D eigenvalue weighted by Crippen LogP contribution is -2.39. The number of hydrogen-bond donors (Lipinski definition) is 1. The van der Waals surface area contributed by atoms with Crippen LogP contribution in [0.1, 0.15) is 17.0 Å². The summed E-state index contributed by atoms with van der Waals surface area (Å²) in [5, 5.41) is 4.75. The average Bonchev–Trinajstić information content (AvgIpc) is 3.28. The number of halogens is 1. The van der Waals surface area contributed by atoms with E-state index in [1.54, 1.807) is 24.3 Å². The molecular formula is C30H31ClN4O6S. The molecule has 0 atom stereocenters. The Kier molecular flexibility index (Phi) is 9.44. The van der Waals surface area contributed by atoms with Gasteiger partial charge in [0.1, 0.15) is 12.3 Å². The predicted octanol–water partition coefficient (Wildman–Crippen LogP) is 5.12. The van der Waals surface area contributed by atoms with Crippen LogP contribution >= 0.6 is 11.6 Å². The molecule has 0 saturated heterocycles. The number of anilines is 1. The molecule has 0 radical (unpaired) electrons. The van der Waals surface area contributed by atoms with Crippen molar-refractivity contribution < 1.29 is 27.4 Å². The third-order valence-electron chi connectivity index (χ3n) is 6.54. The monoisotopic (exact) mass is 610 g/mol. The summed E-state index contributed by atoms with van der Waals surface area (Å²) >= 11 is 6.03. The normalized spacial score (nSPS) is 11.4. The quantitative estimate of drug-likeness (QED) is 0.186. The van der Waals surface area contributed by atoms with Crippen LogP contribution in [0.25, 0.3) is 5.69 Å². The lowest BCUT2D eigenvalue weighted by molar-refractivity contribution is -0.119. The third-order valence-corrected chi connectivity index (χ3v) is 8.56. The summed E-state index contributed by atoms with van der Waals surface area (Å²) in [7, 11) is 0.156. The molecule has 0 spiro atoms. The Hall–Kier alpha value is -4.48. The number of hydrazone groups is 1. The Balaban J connectivity index is 1.59. The van der Waals surface area contributed by atoms with Crippen LogP contribution in [0.15, 0.2) is 82.8 Å². The second-order valence-electron chi connectivity index (χ2n) is 9.16. The van der Waals surface area contributed by atoms with E-state index in [9.17, 15) is 13.2 Å². The maximum atomic E-state index is 13.8. The fourth-order valence-corrected chi connectivity index (χ4v) is 5.98. The van der Waals surface area contributed by atoms with Crippen molar-refractivity contribution in [2.24, 2.45) is 5.10 Å². The van der Waals surface area contributed by atoms with Crippen LogP contribution in [0.4, 0.5) is 5.69 Å². The highest BCUT2D eigenvalue weighted by atomic mass is 35.5. The number of nitrogens with one attached hydrogen (secondary N) is 1. The topological polar surface area (TPSA) is 111 Å². The minimum absolute atomic E-state index is 0.0816. The van der Waals surface area contributed by atoms with E-state index in [2.05, 4.69) is 10.5 Å². The molecule has 0 bridgehead atoms. The van der Waals surface area contributed by atoms with Gasteiger partial charge in [0.2, 0.25) is 0 Å². The molecule has 0 unspecified atom stereocenters. The van der Waals surface area contributed by atoms with Gasteiger partial charge in [-0.3, -0.25) is 9.10 Å². The molecule has 0 aliphatic heterocycles. The smallest absolute Gasteiger partial charge is 0.264 e. The van der Waals surface area contributed by atoms with Crippen molar-refractivity contribution in [3.63, 3.8) is 0 Å². The number of amides is 1. The summed E-state index contributed by atoms with van der Waals surface area (Å²) in [6.07, 6.45) is 1.52. The second kappa shape index (κ2) is 13.0. The Morgan fingerprint density at radius 2 is 1.60 bits per heavy atom. The highest BCUT2D eigenvalue weighted by molar-refractivity contribution is 7.92. The molecule has 1 aromatic heterocycles. The summed E-state index contributed by atoms with van der Waals surface area (Å²) in [5.74, 6) is 0.499. The van der Waals surface area contributed by atoms with Gasteiger partial charge in [0.15, 0.2) is 11.5 Å². The van der Waals surface area contributed by atoms with E-state index in [0.29, 0.717) is 16.5 Å². The molecule has 12 heteroatoms. The van der Waals surface area contributed by atoms with Crippen molar-refractivity contribution >= 4 is 39.4 Å². The van der Waals surface area contributed by atoms with Gasteiger partial charge in [-0.2, -0.15) is 5.10 Å². The molecule has 0 aliphatic rings. The fraction of sp³-hybridized carbons (Fsp3) is 0.200. The summed E-state index contributed by atoms with van der Waals surface area (Å²) in [4.78, 5) is 13.0. The minimum Gasteiger partial charge on any atom is -0.497 e. The van der Waals surface area contributed by atoms with Gasteiger partial charge in [0.25, 0.3) is 15.9 Å². The van der Waals surface area contributed by atoms with E-state index in [1.165, 1.54) is 45.7 Å². The maximum Gasteiger partial charge on any atom is 0.264 e. The highest BCUT2D eigenvalue weighted by Gasteiger charge is 2.28. The van der Waals surface area contributed by atoms with Gasteiger partial charge in [-0.25, -0.2) is 13.8 Å². The van der Waals surface area contributed by atoms with Crippen molar-refractivity contribution in [2.75, 3.05) is 32.2 Å². The average molecular weight is 611 g/mol. The SMILES string of the molecule is COc1ccc(N(CC(=O)N/N=C/c2cc(C)n(-c3ccc(Cl)cc3)c2C)S(=O)(=O)c2ccc(OC)c(OC)c2)cc1. The molecule has 0 saturated carbocycles. The van der Waals surface area contributed by atoms with Crippen LogP contribution < -0.4 is 23.9 Å². The Morgan fingerprint density at radius 1 is 0.929 bits per heavy atom. The van der Waals surface area contributed by atoms with Crippen LogP contribution in [0.5, 0.6) is 17.2 Å². The lowest BCUT2D eigenvalue weighted by atomic mass is 10.2. The number of carbonyl (C=O) groups excluding carboxylic acids is 1. The van der Waals surface area contributed by atoms with Crippen molar-refractivity contribution in [3.8, 4) is 22.9 Å². The number of benzene rings is 3. The molecule has 10 nitrogen and oxygen atoms in total. The Morgan fingerprint density at radius 3 is 2.21 bits per heavy atom. The van der Waals surface area contributed by atoms with Gasteiger partial charge in [0, 0.05) is 33.7 Å². The Labute approximate surface area is 250 Å². The van der Waals surface area contributed by atoms with Gasteiger partial charge < -0.3 is 18.8 Å². The summed E-state index contributed by atoms with van der Waals surface area (Å²) < 4.78 is 46.3. The molecule has 4 rings (SSSR count). The Bertz CT molecular complexity index is 1700. The van der Waals surface area contributed by atoms with E-state index in [0.717, 1.165) is 26.9 Å². The third kappa shape index (κ3) is 6.53. The molecule has 1 amide bonds. The summed E-state index contributed by atoms with van der Waals surface area (Å²) in [5.41, 5.74) is 6.31. The van der Waals surface area contributed by atoms with E-state index in [4.69, 9.17) is 25.8 Å². The van der Waals surface area contributed by atoms with E-state index in [1.807, 2.05) is 48.7 Å². The first-order chi connectivity index (χ1) is 20.1. The fourth-order valence-electron chi connectivity index (χ4n) is 4.41. The number of aromatic nitrogens is 1. The van der Waals surface area contributed by atoms with Crippen LogP contribution in [-0.2, 0) is 14.8 Å². The first-order valence-corrected chi connectivity index (χ1v) is 14.6. The molecule has 0 aliphatic carbocycles. The molecule has 4 aromatic rings. The number of ether oxygens (including phenoxy) is 3. The molecule has 1 N–H and O–H groups in total. The van der Waals surface area contributed by atoms with Gasteiger partial charge in [-0.15, -0.1) is 0 Å². The van der Waals surface area contributed by atoms with Crippen molar-refractivity contribution in [1.29, 1.82) is 0 Å². The van der Waals surface area contributed by atoms with E-state index in [-0.39, 0.29) is 16.3 Å². The van der Waals surface area contributed by atoms with Crippen molar-refractivity contribution in [1.82, 2.24) is 9.99 Å². The van der Waals surface area contributed by atoms with Crippen LogP contribution in [-0.4, -0.2) is 53.0 Å². The highest BCUT2D eigenvalue weighted by Crippen LogP contribution is 2.32. The van der Waals surface area contributed by atoms with E-state index < -0.39 is 22.5 Å². The number of sulfonamides is 1. The molecule has 3 aromatic carbocycles. The summed E-state index contributed by atoms with van der Waals surface area (Å²) in [6, 6.07) is 19.9. The zero-order chi connectivity index (χ0) is 30.4. The number of rotatable bonds is 11. The first kappa shape index (κ1) is 30.5. The first-order valence-electron chi connectivity index (χ1n) is 12.7. The minimum atomic E-state index is -4.21. The molecule has 1 heterocycles.